The molecule has 0 aliphatic heterocycles. The highest BCUT2D eigenvalue weighted by Gasteiger charge is 2.28. The Hall–Kier alpha value is 1.19. The van der Waals surface area contributed by atoms with E-state index in [0.29, 0.717) is 13.0 Å². The Morgan fingerprint density at radius 2 is 2.06 bits per heavy atom. The lowest BCUT2D eigenvalue weighted by molar-refractivity contribution is -0.320. The summed E-state index contributed by atoms with van der Waals surface area (Å²) < 4.78 is 10.0. The highest BCUT2D eigenvalue weighted by molar-refractivity contribution is 9.12. The van der Waals surface area contributed by atoms with Crippen molar-refractivity contribution in [2.24, 2.45) is 5.41 Å². The molecule has 2 unspecified atom stereocenters. The second-order valence-electron chi connectivity index (χ2n) is 3.78. The van der Waals surface area contributed by atoms with Gasteiger partial charge in [0.15, 0.2) is 0 Å². The minimum absolute atomic E-state index is 0.0556. The molecule has 0 aliphatic rings. The lowest BCUT2D eigenvalue weighted by Gasteiger charge is -2.37. The number of alkyl halides is 2. The summed E-state index contributed by atoms with van der Waals surface area (Å²) in [6.07, 6.45) is 0.577. The third-order valence-electron chi connectivity index (χ3n) is 2.44. The second-order valence-corrected chi connectivity index (χ2v) is 6.42. The van der Waals surface area contributed by atoms with Crippen molar-refractivity contribution in [3.05, 3.63) is 0 Å². The van der Waals surface area contributed by atoms with E-state index in [2.05, 4.69) is 36.4 Å². The second kappa shape index (κ2) is 10.0. The maximum atomic E-state index is 10.4. The number of aliphatic hydroxyl groups is 1. The molecule has 5 nitrogen and oxygen atoms in total. The lowest BCUT2D eigenvalue weighted by Crippen LogP contribution is -2.36. The number of hydrogen-bond donors (Lipinski definition) is 1. The first-order valence-electron chi connectivity index (χ1n) is 5.15. The zero-order valence-electron chi connectivity index (χ0n) is 9.60. The van der Waals surface area contributed by atoms with Crippen molar-refractivity contribution in [2.45, 2.75) is 18.2 Å². The molecule has 0 spiro atoms. The van der Waals surface area contributed by atoms with Gasteiger partial charge in [-0.25, -0.2) is 0 Å². The fourth-order valence-electron chi connectivity index (χ4n) is 1.09. The summed E-state index contributed by atoms with van der Waals surface area (Å²) in [5, 5.41) is 10.1. The Bertz CT molecular complexity index is 192. The van der Waals surface area contributed by atoms with Crippen LogP contribution >= 0.6 is 40.5 Å². The number of rotatable bonds is 10. The quantitative estimate of drug-likeness (QED) is 0.430. The predicted molar refractivity (Wildman–Crippen MR) is 70.0 cm³/mol. The van der Waals surface area contributed by atoms with Gasteiger partial charge in [-0.1, -0.05) is 38.8 Å². The van der Waals surface area contributed by atoms with Gasteiger partial charge in [-0.2, -0.15) is 8.60 Å². The molecule has 2 atom stereocenters. The number of ether oxygens (including phenoxy) is 1. The Morgan fingerprint density at radius 1 is 1.41 bits per heavy atom. The first kappa shape index (κ1) is 18.2. The molecule has 0 saturated carbocycles. The van der Waals surface area contributed by atoms with E-state index in [1.165, 1.54) is 0 Å². The molecule has 0 heterocycles. The summed E-state index contributed by atoms with van der Waals surface area (Å²) in [5.74, 6) is 0. The van der Waals surface area contributed by atoms with Crippen molar-refractivity contribution in [1.29, 1.82) is 0 Å². The number of aliphatic hydroxyl groups excluding tert-OH is 1. The van der Waals surface area contributed by atoms with E-state index >= 15 is 0 Å². The highest BCUT2D eigenvalue weighted by atomic mass is 79.9. The molecule has 0 amide bonds. The van der Waals surface area contributed by atoms with Gasteiger partial charge in [-0.15, -0.1) is 0 Å². The van der Waals surface area contributed by atoms with E-state index < -0.39 is 14.0 Å². The zero-order chi connectivity index (χ0) is 13.3. The number of hydrogen-bond acceptors (Lipinski definition) is 5. The fourth-order valence-corrected chi connectivity index (χ4v) is 1.84. The molecule has 1 N–H and O–H groups in total. The van der Waals surface area contributed by atoms with Gasteiger partial charge in [0.25, 0.3) is 0 Å². The van der Waals surface area contributed by atoms with E-state index in [9.17, 15) is 14.9 Å². The first-order chi connectivity index (χ1) is 7.99. The van der Waals surface area contributed by atoms with Crippen molar-refractivity contribution in [2.75, 3.05) is 31.8 Å². The Morgan fingerprint density at radius 3 is 2.47 bits per heavy atom. The normalized spacial score (nSPS) is 17.1. The van der Waals surface area contributed by atoms with Crippen LogP contribution in [0.3, 0.4) is 0 Å². The van der Waals surface area contributed by atoms with Crippen molar-refractivity contribution in [3.8, 4) is 0 Å². The van der Waals surface area contributed by atoms with Gasteiger partial charge in [0.2, 0.25) is 0 Å². The van der Waals surface area contributed by atoms with Crippen LogP contribution in [0.1, 0.15) is 13.3 Å². The molecular weight excluding hydrogens is 379 g/mol. The van der Waals surface area contributed by atoms with Crippen molar-refractivity contribution in [1.82, 2.24) is 0 Å². The summed E-state index contributed by atoms with van der Waals surface area (Å²) in [6, 6.07) is 0. The van der Waals surface area contributed by atoms with Crippen LogP contribution < -0.4 is 9.79 Å². The minimum atomic E-state index is -2.89. The van der Waals surface area contributed by atoms with Crippen LogP contribution in [0.25, 0.3) is 0 Å². The molecule has 0 radical (unpaired) electrons. The monoisotopic (exact) mass is 394 g/mol. The zero-order valence-corrected chi connectivity index (χ0v) is 13.7. The Labute approximate surface area is 120 Å². The van der Waals surface area contributed by atoms with Crippen molar-refractivity contribution < 1.29 is 24.2 Å². The van der Waals surface area contributed by atoms with Crippen LogP contribution in [0.2, 0.25) is 0 Å². The molecule has 0 rings (SSSR count). The maximum absolute atomic E-state index is 10.4. The lowest BCUT2D eigenvalue weighted by atomic mass is 9.88. The number of halogens is 2. The molecule has 8 heteroatoms. The standard InChI is InChI=1S/C9H17Br2O5P/c1-2-9(5-12,7-16-17(13)14)6-15-4-8(11)3-10/h8,12H,2-7H2,1H3/q-2. The van der Waals surface area contributed by atoms with E-state index in [-0.39, 0.29) is 24.6 Å². The molecule has 0 aliphatic carbocycles. The van der Waals surface area contributed by atoms with Crippen LogP contribution in [0.5, 0.6) is 0 Å². The third-order valence-corrected chi connectivity index (χ3v) is 5.01. The van der Waals surface area contributed by atoms with Gasteiger partial charge in [0, 0.05) is 15.6 Å². The SMILES string of the molecule is CCC(CO)(COCC(Br)CBr)COP([O-])[O-]. The Balaban J connectivity index is 4.11. The molecule has 0 fully saturated rings. The predicted octanol–water partition coefficient (Wildman–Crippen LogP) is 0.514. The molecule has 0 aromatic heterocycles. The van der Waals surface area contributed by atoms with Crippen LogP contribution in [-0.2, 0) is 9.26 Å². The van der Waals surface area contributed by atoms with Gasteiger partial charge in [-0.3, -0.25) is 0 Å². The third kappa shape index (κ3) is 8.06. The highest BCUT2D eigenvalue weighted by Crippen LogP contribution is 2.27. The molecule has 104 valence electrons. The summed E-state index contributed by atoms with van der Waals surface area (Å²) >= 11 is 6.69. The topological polar surface area (TPSA) is 84.8 Å². The van der Waals surface area contributed by atoms with Crippen LogP contribution in [0, 0.1) is 5.41 Å². The molecule has 0 aromatic carbocycles. The van der Waals surface area contributed by atoms with Crippen LogP contribution in [-0.4, -0.2) is 41.7 Å². The maximum Gasteiger partial charge on any atom is 0.0599 e. The van der Waals surface area contributed by atoms with Gasteiger partial charge in [0.05, 0.1) is 26.4 Å². The van der Waals surface area contributed by atoms with Gasteiger partial charge < -0.3 is 24.2 Å². The van der Waals surface area contributed by atoms with Crippen LogP contribution in [0.4, 0.5) is 0 Å². The molecular formula is C9H17Br2O5P-2. The fraction of sp³-hybridized carbons (Fsp3) is 1.00. The van der Waals surface area contributed by atoms with Crippen molar-refractivity contribution in [3.63, 3.8) is 0 Å². The van der Waals surface area contributed by atoms with E-state index in [4.69, 9.17) is 4.74 Å². The summed E-state index contributed by atoms with van der Waals surface area (Å²) in [7, 11) is -2.89. The summed E-state index contributed by atoms with van der Waals surface area (Å²) in [5.41, 5.74) is -0.658. The molecule has 17 heavy (non-hydrogen) atoms. The van der Waals surface area contributed by atoms with E-state index in [1.807, 2.05) is 6.92 Å². The van der Waals surface area contributed by atoms with Crippen molar-refractivity contribution >= 4 is 40.5 Å². The Kier molecular flexibility index (Phi) is 10.7. The molecule has 0 aromatic rings. The molecule has 0 saturated heterocycles. The molecule has 0 bridgehead atoms. The summed E-state index contributed by atoms with van der Waals surface area (Å²) in [6.45, 7) is 2.37. The average Bonchev–Trinajstić information content (AvgIpc) is 2.33. The smallest absolute Gasteiger partial charge is 0.0599 e. The average molecular weight is 396 g/mol. The largest absolute Gasteiger partial charge is 0.820 e. The van der Waals surface area contributed by atoms with Gasteiger partial charge >= 0.3 is 0 Å². The first-order valence-corrected chi connectivity index (χ1v) is 8.29. The van der Waals surface area contributed by atoms with E-state index in [1.54, 1.807) is 0 Å². The van der Waals surface area contributed by atoms with E-state index in [0.717, 1.165) is 5.33 Å². The summed E-state index contributed by atoms with van der Waals surface area (Å²) in [4.78, 5) is 21.0. The van der Waals surface area contributed by atoms with Crippen LogP contribution in [0.15, 0.2) is 0 Å². The van der Waals surface area contributed by atoms with Gasteiger partial charge in [0.1, 0.15) is 0 Å². The van der Waals surface area contributed by atoms with Gasteiger partial charge in [-0.05, 0) is 6.42 Å². The minimum Gasteiger partial charge on any atom is -0.820 e.